The van der Waals surface area contributed by atoms with Gasteiger partial charge in [-0.2, -0.15) is 0 Å². The number of nitrogens with zero attached hydrogens (tertiary/aromatic N) is 3. The Labute approximate surface area is 159 Å². The molecule has 7 heteroatoms. The summed E-state index contributed by atoms with van der Waals surface area (Å²) in [5.41, 5.74) is 6.12. The number of carbonyl (C=O) groups is 1. The van der Waals surface area contributed by atoms with Crippen LogP contribution in [-0.2, 0) is 4.74 Å². The van der Waals surface area contributed by atoms with Crippen LogP contribution < -0.4 is 11.1 Å². The van der Waals surface area contributed by atoms with Gasteiger partial charge in [-0.25, -0.2) is 4.79 Å². The molecule has 0 radical (unpaired) electrons. The van der Waals surface area contributed by atoms with Crippen LogP contribution in [-0.4, -0.2) is 73.3 Å². The molecule has 0 aromatic rings. The summed E-state index contributed by atoms with van der Waals surface area (Å²) in [4.78, 5) is 20.6. The number of nitrogens with two attached hydrogens (primary N) is 1. The molecule has 1 amide bonds. The zero-order valence-electron chi connectivity index (χ0n) is 17.3. The number of likely N-dealkylation sites (N-methyl/N-ethyl adjacent to an activating group) is 1. The Kier molecular flexibility index (Phi) is 10.4. The number of ether oxygens (including phenoxy) is 1. The number of aliphatic imine (C=N–C) groups is 1. The van der Waals surface area contributed by atoms with E-state index >= 15 is 0 Å². The highest BCUT2D eigenvalue weighted by Crippen LogP contribution is 2.13. The highest BCUT2D eigenvalue weighted by atomic mass is 16.6. The minimum Gasteiger partial charge on any atom is -0.450 e. The number of guanidine groups is 1. The second kappa shape index (κ2) is 12.0. The number of piperidine rings is 1. The molecular formula is C19H39N5O2. The first kappa shape index (κ1) is 22.5. The van der Waals surface area contributed by atoms with Crippen LogP contribution in [0, 0.1) is 5.92 Å². The maximum absolute atomic E-state index is 11.7. The predicted octanol–water partition coefficient (Wildman–Crippen LogP) is 2.27. The second-order valence-corrected chi connectivity index (χ2v) is 7.34. The van der Waals surface area contributed by atoms with E-state index in [4.69, 9.17) is 10.5 Å². The van der Waals surface area contributed by atoms with Gasteiger partial charge >= 0.3 is 6.09 Å². The summed E-state index contributed by atoms with van der Waals surface area (Å²) in [6.45, 7) is 15.3. The van der Waals surface area contributed by atoms with E-state index in [2.05, 4.69) is 42.9 Å². The van der Waals surface area contributed by atoms with Gasteiger partial charge in [-0.1, -0.05) is 27.7 Å². The lowest BCUT2D eigenvalue weighted by molar-refractivity contribution is 0.0963. The van der Waals surface area contributed by atoms with Crippen LogP contribution in [0.2, 0.25) is 0 Å². The lowest BCUT2D eigenvalue weighted by Crippen LogP contribution is -2.49. The SMILES string of the molecule is CCOC(=O)N1CCC(NC(N)=NCC(CC(C)C)N(CC)CC)CC1. The van der Waals surface area contributed by atoms with Crippen LogP contribution in [0.15, 0.2) is 4.99 Å². The number of amides is 1. The molecule has 0 saturated carbocycles. The molecule has 0 aliphatic carbocycles. The number of hydrogen-bond acceptors (Lipinski definition) is 4. The fourth-order valence-corrected chi connectivity index (χ4v) is 3.50. The molecule has 7 nitrogen and oxygen atoms in total. The van der Waals surface area contributed by atoms with Crippen LogP contribution in [0.25, 0.3) is 0 Å². The van der Waals surface area contributed by atoms with E-state index < -0.39 is 0 Å². The van der Waals surface area contributed by atoms with Crippen molar-refractivity contribution < 1.29 is 9.53 Å². The molecule has 0 bridgehead atoms. The molecule has 0 aromatic heterocycles. The summed E-state index contributed by atoms with van der Waals surface area (Å²) in [6.07, 6.45) is 2.63. The van der Waals surface area contributed by atoms with Gasteiger partial charge < -0.3 is 20.7 Å². The van der Waals surface area contributed by atoms with Crippen molar-refractivity contribution in [3.05, 3.63) is 0 Å². The molecule has 1 aliphatic heterocycles. The number of nitrogens with one attached hydrogen (secondary N) is 1. The summed E-state index contributed by atoms with van der Waals surface area (Å²) in [6, 6.07) is 0.692. The van der Waals surface area contributed by atoms with Gasteiger partial charge in [0.1, 0.15) is 0 Å². The van der Waals surface area contributed by atoms with Crippen molar-refractivity contribution in [2.24, 2.45) is 16.6 Å². The van der Waals surface area contributed by atoms with Crippen molar-refractivity contribution in [2.75, 3.05) is 39.3 Å². The van der Waals surface area contributed by atoms with Gasteiger partial charge in [-0.15, -0.1) is 0 Å². The molecule has 1 unspecified atom stereocenters. The smallest absolute Gasteiger partial charge is 0.409 e. The van der Waals surface area contributed by atoms with Crippen molar-refractivity contribution >= 4 is 12.1 Å². The van der Waals surface area contributed by atoms with Crippen LogP contribution in [0.3, 0.4) is 0 Å². The first-order valence-corrected chi connectivity index (χ1v) is 10.1. The van der Waals surface area contributed by atoms with E-state index in [0.29, 0.717) is 37.6 Å². The van der Waals surface area contributed by atoms with Crippen LogP contribution in [0.4, 0.5) is 4.79 Å². The van der Waals surface area contributed by atoms with E-state index in [9.17, 15) is 4.79 Å². The standard InChI is InChI=1S/C19H39N5O2/c1-6-23(7-2)17(13-15(4)5)14-21-18(20)22-16-9-11-24(12-10-16)19(25)26-8-3/h15-17H,6-14H2,1-5H3,(H3,20,21,22). The van der Waals surface area contributed by atoms with Gasteiger partial charge in [0.15, 0.2) is 5.96 Å². The van der Waals surface area contributed by atoms with Gasteiger partial charge in [0.2, 0.25) is 0 Å². The minimum absolute atomic E-state index is 0.219. The highest BCUT2D eigenvalue weighted by molar-refractivity contribution is 5.78. The zero-order valence-corrected chi connectivity index (χ0v) is 17.3. The third-order valence-corrected chi connectivity index (χ3v) is 4.92. The maximum atomic E-state index is 11.7. The van der Waals surface area contributed by atoms with Gasteiger partial charge in [0.05, 0.1) is 13.2 Å². The molecule has 1 saturated heterocycles. The predicted molar refractivity (Wildman–Crippen MR) is 107 cm³/mol. The van der Waals surface area contributed by atoms with Gasteiger partial charge in [-0.05, 0) is 45.2 Å². The molecule has 152 valence electrons. The van der Waals surface area contributed by atoms with Gasteiger partial charge in [0, 0.05) is 25.2 Å². The van der Waals surface area contributed by atoms with Gasteiger partial charge in [0.25, 0.3) is 0 Å². The van der Waals surface area contributed by atoms with Crippen molar-refractivity contribution in [1.29, 1.82) is 0 Å². The molecule has 1 fully saturated rings. The molecule has 1 aliphatic rings. The van der Waals surface area contributed by atoms with E-state index in [1.54, 1.807) is 4.90 Å². The third kappa shape index (κ3) is 7.81. The largest absolute Gasteiger partial charge is 0.450 e. The van der Waals surface area contributed by atoms with Crippen LogP contribution >= 0.6 is 0 Å². The highest BCUT2D eigenvalue weighted by Gasteiger charge is 2.24. The van der Waals surface area contributed by atoms with E-state index in [0.717, 1.165) is 38.9 Å². The number of carbonyl (C=O) groups excluding carboxylic acids is 1. The van der Waals surface area contributed by atoms with Gasteiger partial charge in [-0.3, -0.25) is 9.89 Å². The molecule has 0 spiro atoms. The van der Waals surface area contributed by atoms with E-state index in [1.807, 2.05) is 6.92 Å². The number of likely N-dealkylation sites (tertiary alicyclic amines) is 1. The zero-order chi connectivity index (χ0) is 19.5. The molecule has 1 rings (SSSR count). The Bertz CT molecular complexity index is 430. The fraction of sp³-hybridized carbons (Fsp3) is 0.895. The van der Waals surface area contributed by atoms with Crippen LogP contribution in [0.1, 0.15) is 53.9 Å². The van der Waals surface area contributed by atoms with E-state index in [1.165, 1.54) is 0 Å². The molecule has 1 heterocycles. The Morgan fingerprint density at radius 2 is 1.88 bits per heavy atom. The van der Waals surface area contributed by atoms with Crippen molar-refractivity contribution in [2.45, 2.75) is 66.0 Å². The van der Waals surface area contributed by atoms with Crippen molar-refractivity contribution in [3.8, 4) is 0 Å². The monoisotopic (exact) mass is 369 g/mol. The average molecular weight is 370 g/mol. The van der Waals surface area contributed by atoms with E-state index in [-0.39, 0.29) is 12.1 Å². The Morgan fingerprint density at radius 3 is 2.38 bits per heavy atom. The lowest BCUT2D eigenvalue weighted by atomic mass is 10.0. The Morgan fingerprint density at radius 1 is 1.27 bits per heavy atom. The number of rotatable bonds is 9. The average Bonchev–Trinajstić information content (AvgIpc) is 2.61. The Balaban J connectivity index is 2.48. The quantitative estimate of drug-likeness (QED) is 0.481. The fourth-order valence-electron chi connectivity index (χ4n) is 3.50. The topological polar surface area (TPSA) is 83.2 Å². The lowest BCUT2D eigenvalue weighted by Gasteiger charge is -2.32. The summed E-state index contributed by atoms with van der Waals surface area (Å²) in [5.74, 6) is 1.15. The molecule has 1 atom stereocenters. The molecular weight excluding hydrogens is 330 g/mol. The molecule has 26 heavy (non-hydrogen) atoms. The van der Waals surface area contributed by atoms with Crippen molar-refractivity contribution in [3.63, 3.8) is 0 Å². The summed E-state index contributed by atoms with van der Waals surface area (Å²) in [7, 11) is 0. The normalized spacial score (nSPS) is 17.7. The first-order chi connectivity index (χ1) is 12.4. The Hall–Kier alpha value is -1.50. The summed E-state index contributed by atoms with van der Waals surface area (Å²) < 4.78 is 5.05. The minimum atomic E-state index is -0.219. The second-order valence-electron chi connectivity index (χ2n) is 7.34. The number of hydrogen-bond donors (Lipinski definition) is 2. The third-order valence-electron chi connectivity index (χ3n) is 4.92. The van der Waals surface area contributed by atoms with Crippen LogP contribution in [0.5, 0.6) is 0 Å². The first-order valence-electron chi connectivity index (χ1n) is 10.1. The summed E-state index contributed by atoms with van der Waals surface area (Å²) in [5, 5.41) is 3.32. The van der Waals surface area contributed by atoms with Crippen molar-refractivity contribution in [1.82, 2.24) is 15.1 Å². The molecule has 3 N–H and O–H groups in total. The maximum Gasteiger partial charge on any atom is 0.409 e. The molecule has 0 aromatic carbocycles. The summed E-state index contributed by atoms with van der Waals surface area (Å²) >= 11 is 0.